The molecule has 56 valence electrons. The lowest BCUT2D eigenvalue weighted by Gasteiger charge is -1.96. The number of thioether (sulfide) groups is 1. The Labute approximate surface area is 69.8 Å². The zero-order valence-electron chi connectivity index (χ0n) is 6.29. The number of benzene rings is 1. The highest BCUT2D eigenvalue weighted by Gasteiger charge is 1.97. The monoisotopic (exact) mass is 163 g/mol. The van der Waals surface area contributed by atoms with Crippen molar-refractivity contribution >= 4 is 22.7 Å². The largest absolute Gasteiger partial charge is 0.360 e. The summed E-state index contributed by atoms with van der Waals surface area (Å²) < 4.78 is 0. The number of fused-ring (bicyclic) bond motifs is 1. The van der Waals surface area contributed by atoms with Crippen LogP contribution in [0.3, 0.4) is 0 Å². The van der Waals surface area contributed by atoms with Crippen molar-refractivity contribution in [3.8, 4) is 0 Å². The summed E-state index contributed by atoms with van der Waals surface area (Å²) in [6, 6.07) is 8.42. The molecule has 0 amide bonds. The van der Waals surface area contributed by atoms with Gasteiger partial charge in [-0.15, -0.1) is 11.8 Å². The second-order valence-electron chi connectivity index (χ2n) is 2.40. The van der Waals surface area contributed by atoms with Crippen molar-refractivity contribution in [1.29, 1.82) is 0 Å². The molecule has 0 saturated carbocycles. The molecule has 0 saturated heterocycles. The zero-order valence-corrected chi connectivity index (χ0v) is 7.11. The van der Waals surface area contributed by atoms with Gasteiger partial charge in [-0.3, -0.25) is 0 Å². The van der Waals surface area contributed by atoms with E-state index in [0.717, 1.165) is 0 Å². The second kappa shape index (κ2) is 2.62. The van der Waals surface area contributed by atoms with Crippen molar-refractivity contribution in [2.45, 2.75) is 4.90 Å². The van der Waals surface area contributed by atoms with Crippen LogP contribution in [-0.2, 0) is 0 Å². The van der Waals surface area contributed by atoms with E-state index in [1.165, 1.54) is 15.8 Å². The van der Waals surface area contributed by atoms with Gasteiger partial charge in [0.05, 0.1) is 5.52 Å². The Morgan fingerprint density at radius 3 is 3.00 bits per heavy atom. The number of rotatable bonds is 1. The number of hydrogen-bond acceptors (Lipinski definition) is 1. The molecule has 0 radical (unpaired) electrons. The molecule has 2 rings (SSSR count). The van der Waals surface area contributed by atoms with Gasteiger partial charge in [-0.1, -0.05) is 12.1 Å². The maximum atomic E-state index is 3.22. The second-order valence-corrected chi connectivity index (χ2v) is 3.25. The topological polar surface area (TPSA) is 15.8 Å². The first-order valence-electron chi connectivity index (χ1n) is 3.52. The van der Waals surface area contributed by atoms with Crippen LogP contribution >= 0.6 is 11.8 Å². The molecule has 0 aliphatic heterocycles. The van der Waals surface area contributed by atoms with E-state index < -0.39 is 0 Å². The molecule has 0 bridgehead atoms. The van der Waals surface area contributed by atoms with Gasteiger partial charge in [-0.2, -0.15) is 0 Å². The van der Waals surface area contributed by atoms with E-state index in [1.54, 1.807) is 11.8 Å². The van der Waals surface area contributed by atoms with E-state index >= 15 is 0 Å². The maximum absolute atomic E-state index is 3.22. The third-order valence-corrected chi connectivity index (χ3v) is 2.55. The molecule has 0 aliphatic rings. The van der Waals surface area contributed by atoms with E-state index in [-0.39, 0.29) is 0 Å². The predicted octanol–water partition coefficient (Wildman–Crippen LogP) is 2.89. The normalized spacial score (nSPS) is 10.6. The quantitative estimate of drug-likeness (QED) is 0.639. The molecule has 11 heavy (non-hydrogen) atoms. The van der Waals surface area contributed by atoms with Crippen LogP contribution in [0, 0.1) is 0 Å². The van der Waals surface area contributed by atoms with Crippen molar-refractivity contribution in [3.05, 3.63) is 30.5 Å². The number of aromatic amines is 1. The van der Waals surface area contributed by atoms with Crippen LogP contribution in [0.1, 0.15) is 0 Å². The highest BCUT2D eigenvalue weighted by atomic mass is 32.2. The van der Waals surface area contributed by atoms with Gasteiger partial charge in [0, 0.05) is 16.5 Å². The van der Waals surface area contributed by atoms with Gasteiger partial charge in [0.1, 0.15) is 0 Å². The van der Waals surface area contributed by atoms with Crippen molar-refractivity contribution in [1.82, 2.24) is 4.98 Å². The van der Waals surface area contributed by atoms with Gasteiger partial charge in [0.25, 0.3) is 0 Å². The van der Waals surface area contributed by atoms with Crippen LogP contribution in [0.4, 0.5) is 0 Å². The summed E-state index contributed by atoms with van der Waals surface area (Å²) in [5.74, 6) is 0. The average Bonchev–Trinajstić information content (AvgIpc) is 2.50. The van der Waals surface area contributed by atoms with Crippen LogP contribution < -0.4 is 0 Å². The van der Waals surface area contributed by atoms with Crippen LogP contribution in [-0.4, -0.2) is 11.2 Å². The molecule has 0 spiro atoms. The van der Waals surface area contributed by atoms with Crippen LogP contribution in [0.15, 0.2) is 35.4 Å². The van der Waals surface area contributed by atoms with Crippen molar-refractivity contribution in [2.75, 3.05) is 6.26 Å². The first-order chi connectivity index (χ1) is 5.42. The van der Waals surface area contributed by atoms with Gasteiger partial charge < -0.3 is 4.98 Å². The Morgan fingerprint density at radius 1 is 1.27 bits per heavy atom. The van der Waals surface area contributed by atoms with E-state index in [0.29, 0.717) is 0 Å². The number of nitrogens with one attached hydrogen (secondary N) is 1. The Bertz CT molecular complexity index is 364. The number of H-pyrrole nitrogens is 1. The van der Waals surface area contributed by atoms with Crippen LogP contribution in [0.25, 0.3) is 10.9 Å². The predicted molar refractivity (Wildman–Crippen MR) is 50.1 cm³/mol. The summed E-state index contributed by atoms with van der Waals surface area (Å²) in [5, 5.41) is 1.29. The minimum atomic E-state index is 1.25. The molecular weight excluding hydrogens is 154 g/mol. The summed E-state index contributed by atoms with van der Waals surface area (Å²) in [6.45, 7) is 0. The van der Waals surface area contributed by atoms with Crippen molar-refractivity contribution < 1.29 is 0 Å². The third kappa shape index (κ3) is 1.03. The fourth-order valence-corrected chi connectivity index (χ4v) is 1.82. The Hall–Kier alpha value is -0.890. The van der Waals surface area contributed by atoms with E-state index in [9.17, 15) is 0 Å². The molecule has 1 aromatic carbocycles. The Morgan fingerprint density at radius 2 is 2.18 bits per heavy atom. The third-order valence-electron chi connectivity index (χ3n) is 1.77. The fourth-order valence-electron chi connectivity index (χ4n) is 1.23. The lowest BCUT2D eigenvalue weighted by Crippen LogP contribution is -1.72. The molecule has 0 aliphatic carbocycles. The molecule has 0 fully saturated rings. The minimum Gasteiger partial charge on any atom is -0.360 e. The smallest absolute Gasteiger partial charge is 0.0591 e. The molecule has 1 heterocycles. The summed E-state index contributed by atoms with van der Waals surface area (Å²) in [5.41, 5.74) is 1.25. The minimum absolute atomic E-state index is 1.25. The number of hydrogen-bond donors (Lipinski definition) is 1. The van der Waals surface area contributed by atoms with Crippen molar-refractivity contribution in [3.63, 3.8) is 0 Å². The van der Waals surface area contributed by atoms with Crippen LogP contribution in [0.5, 0.6) is 0 Å². The maximum Gasteiger partial charge on any atom is 0.0591 e. The lowest BCUT2D eigenvalue weighted by atomic mass is 10.2. The van der Waals surface area contributed by atoms with E-state index in [1.807, 2.05) is 6.20 Å². The van der Waals surface area contributed by atoms with Gasteiger partial charge in [-0.25, -0.2) is 0 Å². The van der Waals surface area contributed by atoms with Gasteiger partial charge in [0.15, 0.2) is 0 Å². The van der Waals surface area contributed by atoms with Gasteiger partial charge in [0.2, 0.25) is 0 Å². The molecule has 2 heteroatoms. The SMILES string of the molecule is CSc1cccc2cc[nH]c12. The molecule has 1 aromatic heterocycles. The number of para-hydroxylation sites is 1. The van der Waals surface area contributed by atoms with E-state index in [2.05, 4.69) is 35.5 Å². The average molecular weight is 163 g/mol. The first kappa shape index (κ1) is 6.80. The highest BCUT2D eigenvalue weighted by molar-refractivity contribution is 7.98. The summed E-state index contributed by atoms with van der Waals surface area (Å²) in [7, 11) is 0. The molecule has 0 unspecified atom stereocenters. The summed E-state index contributed by atoms with van der Waals surface area (Å²) in [4.78, 5) is 4.53. The Kier molecular flexibility index (Phi) is 1.62. The molecule has 1 N–H and O–H groups in total. The highest BCUT2D eigenvalue weighted by Crippen LogP contribution is 2.24. The first-order valence-corrected chi connectivity index (χ1v) is 4.74. The fraction of sp³-hybridized carbons (Fsp3) is 0.111. The molecular formula is C9H9NS. The van der Waals surface area contributed by atoms with E-state index in [4.69, 9.17) is 0 Å². The van der Waals surface area contributed by atoms with Crippen LogP contribution in [0.2, 0.25) is 0 Å². The summed E-state index contributed by atoms with van der Waals surface area (Å²) in [6.07, 6.45) is 4.07. The summed E-state index contributed by atoms with van der Waals surface area (Å²) >= 11 is 1.77. The standard InChI is InChI=1S/C9H9NS/c1-11-8-4-2-3-7-5-6-10-9(7)8/h2-6,10H,1H3. The molecule has 1 nitrogen and oxygen atoms in total. The van der Waals surface area contributed by atoms with Gasteiger partial charge >= 0.3 is 0 Å². The Balaban J connectivity index is 2.79. The number of aromatic nitrogens is 1. The van der Waals surface area contributed by atoms with Crippen molar-refractivity contribution in [2.24, 2.45) is 0 Å². The lowest BCUT2D eigenvalue weighted by molar-refractivity contribution is 1.41. The molecule has 0 atom stereocenters. The zero-order chi connectivity index (χ0) is 7.68. The molecule has 2 aromatic rings. The van der Waals surface area contributed by atoms with Gasteiger partial charge in [-0.05, 0) is 18.4 Å².